The largest absolute Gasteiger partial charge is 0.497 e. The van der Waals surface area contributed by atoms with Crippen LogP contribution in [0.3, 0.4) is 0 Å². The number of piperidine rings is 1. The van der Waals surface area contributed by atoms with Crippen molar-refractivity contribution in [2.45, 2.75) is 19.3 Å². The lowest BCUT2D eigenvalue weighted by Crippen LogP contribution is -2.29. The van der Waals surface area contributed by atoms with Crippen molar-refractivity contribution in [3.05, 3.63) is 59.7 Å². The van der Waals surface area contributed by atoms with Gasteiger partial charge in [0.05, 0.1) is 18.4 Å². The van der Waals surface area contributed by atoms with Crippen LogP contribution in [0.5, 0.6) is 5.75 Å². The number of benzene rings is 2. The zero-order chi connectivity index (χ0) is 17.2. The SMILES string of the molecule is COc1ccc(/C(=C2/C(=O)Nc3ccccc32)N2CCCCC2)cc1. The minimum Gasteiger partial charge on any atom is -0.497 e. The Morgan fingerprint density at radius 3 is 2.44 bits per heavy atom. The van der Waals surface area contributed by atoms with E-state index >= 15 is 0 Å². The van der Waals surface area contributed by atoms with Gasteiger partial charge in [-0.15, -0.1) is 0 Å². The van der Waals surface area contributed by atoms with Crippen LogP contribution in [-0.4, -0.2) is 31.0 Å². The summed E-state index contributed by atoms with van der Waals surface area (Å²) < 4.78 is 5.29. The Bertz CT molecular complexity index is 818. The molecule has 4 heteroatoms. The van der Waals surface area contributed by atoms with Crippen LogP contribution in [0.4, 0.5) is 5.69 Å². The maximum atomic E-state index is 12.8. The summed E-state index contributed by atoms with van der Waals surface area (Å²) in [4.78, 5) is 15.2. The molecule has 1 amide bonds. The summed E-state index contributed by atoms with van der Waals surface area (Å²) in [7, 11) is 1.67. The minimum absolute atomic E-state index is 0.0161. The number of amides is 1. The number of methoxy groups -OCH3 is 1. The van der Waals surface area contributed by atoms with Gasteiger partial charge in [-0.1, -0.05) is 18.2 Å². The van der Waals surface area contributed by atoms with Gasteiger partial charge in [0.1, 0.15) is 5.75 Å². The van der Waals surface area contributed by atoms with Crippen LogP contribution >= 0.6 is 0 Å². The number of hydrogen-bond donors (Lipinski definition) is 1. The first-order valence-corrected chi connectivity index (χ1v) is 8.82. The van der Waals surface area contributed by atoms with E-state index in [9.17, 15) is 4.79 Å². The molecule has 128 valence electrons. The second-order valence-corrected chi connectivity index (χ2v) is 6.50. The molecule has 25 heavy (non-hydrogen) atoms. The van der Waals surface area contributed by atoms with E-state index in [0.717, 1.165) is 59.8 Å². The topological polar surface area (TPSA) is 41.6 Å². The van der Waals surface area contributed by atoms with Crippen LogP contribution in [0.2, 0.25) is 0 Å². The van der Waals surface area contributed by atoms with Crippen LogP contribution in [-0.2, 0) is 4.79 Å². The molecule has 2 heterocycles. The van der Waals surface area contributed by atoms with E-state index in [-0.39, 0.29) is 5.91 Å². The molecule has 0 bridgehead atoms. The van der Waals surface area contributed by atoms with Gasteiger partial charge in [-0.2, -0.15) is 0 Å². The summed E-state index contributed by atoms with van der Waals surface area (Å²) in [5.41, 5.74) is 4.76. The van der Waals surface area contributed by atoms with Gasteiger partial charge in [0.2, 0.25) is 0 Å². The molecule has 0 aromatic heterocycles. The minimum atomic E-state index is -0.0161. The van der Waals surface area contributed by atoms with Gasteiger partial charge < -0.3 is 15.0 Å². The monoisotopic (exact) mass is 334 g/mol. The van der Waals surface area contributed by atoms with E-state index in [1.807, 2.05) is 48.5 Å². The quantitative estimate of drug-likeness (QED) is 0.863. The lowest BCUT2D eigenvalue weighted by atomic mass is 9.97. The van der Waals surface area contributed by atoms with Gasteiger partial charge in [-0.3, -0.25) is 4.79 Å². The van der Waals surface area contributed by atoms with Crippen molar-refractivity contribution >= 4 is 22.9 Å². The Morgan fingerprint density at radius 1 is 1.00 bits per heavy atom. The number of ether oxygens (including phenoxy) is 1. The number of likely N-dealkylation sites (tertiary alicyclic amines) is 1. The fourth-order valence-electron chi connectivity index (χ4n) is 3.70. The fraction of sp³-hybridized carbons (Fsp3) is 0.286. The van der Waals surface area contributed by atoms with Gasteiger partial charge in [0, 0.05) is 24.3 Å². The predicted octanol–water partition coefficient (Wildman–Crippen LogP) is 4.00. The summed E-state index contributed by atoms with van der Waals surface area (Å²) in [6, 6.07) is 15.9. The number of nitrogens with one attached hydrogen (secondary N) is 1. The van der Waals surface area contributed by atoms with Crippen molar-refractivity contribution in [2.75, 3.05) is 25.5 Å². The molecule has 0 spiro atoms. The van der Waals surface area contributed by atoms with Crippen molar-refractivity contribution in [3.63, 3.8) is 0 Å². The molecule has 2 aliphatic heterocycles. The van der Waals surface area contributed by atoms with Gasteiger partial charge >= 0.3 is 0 Å². The second-order valence-electron chi connectivity index (χ2n) is 6.50. The highest BCUT2D eigenvalue weighted by molar-refractivity contribution is 6.36. The van der Waals surface area contributed by atoms with E-state index < -0.39 is 0 Å². The molecule has 0 saturated carbocycles. The maximum Gasteiger partial charge on any atom is 0.258 e. The van der Waals surface area contributed by atoms with Gasteiger partial charge in [0.25, 0.3) is 5.91 Å². The Hall–Kier alpha value is -2.75. The lowest BCUT2D eigenvalue weighted by molar-refractivity contribution is -0.110. The first-order valence-electron chi connectivity index (χ1n) is 8.82. The zero-order valence-electron chi connectivity index (χ0n) is 14.4. The third kappa shape index (κ3) is 2.88. The van der Waals surface area contributed by atoms with E-state index in [4.69, 9.17) is 4.74 Å². The van der Waals surface area contributed by atoms with E-state index in [1.165, 1.54) is 6.42 Å². The predicted molar refractivity (Wildman–Crippen MR) is 100 cm³/mol. The highest BCUT2D eigenvalue weighted by Gasteiger charge is 2.30. The van der Waals surface area contributed by atoms with Crippen LogP contribution < -0.4 is 10.1 Å². The Morgan fingerprint density at radius 2 is 1.72 bits per heavy atom. The van der Waals surface area contributed by atoms with Crippen LogP contribution in [0.25, 0.3) is 11.3 Å². The van der Waals surface area contributed by atoms with Gasteiger partial charge in [0.15, 0.2) is 0 Å². The molecule has 1 N–H and O–H groups in total. The van der Waals surface area contributed by atoms with Crippen molar-refractivity contribution in [3.8, 4) is 5.75 Å². The molecule has 2 aliphatic rings. The molecular formula is C21H22N2O2. The number of carbonyl (C=O) groups excluding carboxylic acids is 1. The molecule has 1 saturated heterocycles. The first kappa shape index (κ1) is 15.8. The van der Waals surface area contributed by atoms with Crippen molar-refractivity contribution in [1.29, 1.82) is 0 Å². The second kappa shape index (κ2) is 6.63. The number of anilines is 1. The smallest absolute Gasteiger partial charge is 0.258 e. The molecular weight excluding hydrogens is 312 g/mol. The average Bonchev–Trinajstić information content (AvgIpc) is 3.00. The first-order chi connectivity index (χ1) is 12.3. The summed E-state index contributed by atoms with van der Waals surface area (Å²) in [6.45, 7) is 1.97. The van der Waals surface area contributed by atoms with Crippen LogP contribution in [0, 0.1) is 0 Å². The molecule has 4 nitrogen and oxygen atoms in total. The van der Waals surface area contributed by atoms with Crippen molar-refractivity contribution in [1.82, 2.24) is 4.90 Å². The standard InChI is InChI=1S/C21H22N2O2/c1-25-16-11-9-15(10-12-16)20(23-13-5-2-6-14-23)19-17-7-3-4-8-18(17)22-21(19)24/h3-4,7-12H,2,5-6,13-14H2,1H3,(H,22,24)/b20-19-. The molecule has 4 rings (SSSR count). The number of carbonyl (C=O) groups is 1. The Labute approximate surface area is 148 Å². The van der Waals surface area contributed by atoms with Crippen LogP contribution in [0.15, 0.2) is 48.5 Å². The van der Waals surface area contributed by atoms with Gasteiger partial charge in [-0.25, -0.2) is 0 Å². The molecule has 1 fully saturated rings. The molecule has 2 aromatic rings. The third-order valence-corrected chi connectivity index (χ3v) is 4.94. The van der Waals surface area contributed by atoms with E-state index in [1.54, 1.807) is 7.11 Å². The summed E-state index contributed by atoms with van der Waals surface area (Å²) >= 11 is 0. The number of rotatable bonds is 3. The van der Waals surface area contributed by atoms with Crippen LogP contribution in [0.1, 0.15) is 30.4 Å². The summed E-state index contributed by atoms with van der Waals surface area (Å²) in [5.74, 6) is 0.806. The fourth-order valence-corrected chi connectivity index (χ4v) is 3.70. The lowest BCUT2D eigenvalue weighted by Gasteiger charge is -2.32. The summed E-state index contributed by atoms with van der Waals surface area (Å²) in [5, 5.41) is 3.01. The Balaban J connectivity index is 1.89. The van der Waals surface area contributed by atoms with Gasteiger partial charge in [-0.05, 0) is 55.2 Å². The molecule has 0 unspecified atom stereocenters. The number of hydrogen-bond acceptors (Lipinski definition) is 3. The maximum absolute atomic E-state index is 12.8. The molecule has 0 radical (unpaired) electrons. The molecule has 2 aromatic carbocycles. The Kier molecular flexibility index (Phi) is 4.18. The molecule has 0 aliphatic carbocycles. The zero-order valence-corrected chi connectivity index (χ0v) is 14.4. The normalized spacial score (nSPS) is 18.6. The van der Waals surface area contributed by atoms with Crippen molar-refractivity contribution < 1.29 is 9.53 Å². The van der Waals surface area contributed by atoms with Crippen molar-refractivity contribution in [2.24, 2.45) is 0 Å². The molecule has 0 atom stereocenters. The average molecular weight is 334 g/mol. The highest BCUT2D eigenvalue weighted by Crippen LogP contribution is 2.39. The van der Waals surface area contributed by atoms with E-state index in [2.05, 4.69) is 10.2 Å². The number of nitrogens with zero attached hydrogens (tertiary/aromatic N) is 1. The third-order valence-electron chi connectivity index (χ3n) is 4.94. The highest BCUT2D eigenvalue weighted by atomic mass is 16.5. The summed E-state index contributed by atoms with van der Waals surface area (Å²) in [6.07, 6.45) is 3.58. The number of fused-ring (bicyclic) bond motifs is 1. The number of para-hydroxylation sites is 1. The van der Waals surface area contributed by atoms with E-state index in [0.29, 0.717) is 0 Å².